The Balaban J connectivity index is 1.61. The largest absolute Gasteiger partial charge is 0.497 e. The van der Waals surface area contributed by atoms with Gasteiger partial charge in [0.25, 0.3) is 0 Å². The zero-order chi connectivity index (χ0) is 17.9. The van der Waals surface area contributed by atoms with Crippen LogP contribution in [0.1, 0.15) is 6.92 Å². The van der Waals surface area contributed by atoms with Crippen molar-refractivity contribution < 1.29 is 9.47 Å². The fraction of sp³-hybridized carbons (Fsp3) is 0.136. The third-order valence-electron chi connectivity index (χ3n) is 4.23. The quantitative estimate of drug-likeness (QED) is 0.434. The maximum absolute atomic E-state index is 5.50. The summed E-state index contributed by atoms with van der Waals surface area (Å²) >= 11 is 1.68. The molecule has 1 heterocycles. The standard InChI is InChI=1S/C22H19NO2S/c1-3-25-18-10-8-16(9-11-18)15-4-6-17(7-5-15)22-23-20-13-12-19(24-2)14-21(20)26-22/h4-14H,3H2,1-2H3. The molecule has 3 nitrogen and oxygen atoms in total. The topological polar surface area (TPSA) is 31.4 Å². The average Bonchev–Trinajstić information content (AvgIpc) is 3.12. The van der Waals surface area contributed by atoms with E-state index in [0.717, 1.165) is 32.3 Å². The van der Waals surface area contributed by atoms with Gasteiger partial charge in [0.2, 0.25) is 0 Å². The Kier molecular flexibility index (Phi) is 4.59. The van der Waals surface area contributed by atoms with Crippen molar-refractivity contribution in [2.24, 2.45) is 0 Å². The van der Waals surface area contributed by atoms with E-state index in [4.69, 9.17) is 14.5 Å². The van der Waals surface area contributed by atoms with Gasteiger partial charge in [-0.25, -0.2) is 4.98 Å². The number of nitrogens with zero attached hydrogens (tertiary/aromatic N) is 1. The Morgan fingerprint density at radius 1 is 0.808 bits per heavy atom. The highest BCUT2D eigenvalue weighted by molar-refractivity contribution is 7.21. The molecule has 3 aromatic carbocycles. The molecule has 0 aliphatic heterocycles. The van der Waals surface area contributed by atoms with Gasteiger partial charge in [-0.3, -0.25) is 0 Å². The molecule has 0 N–H and O–H groups in total. The minimum atomic E-state index is 0.683. The Morgan fingerprint density at radius 3 is 2.08 bits per heavy atom. The first kappa shape index (κ1) is 16.6. The third-order valence-corrected chi connectivity index (χ3v) is 5.29. The van der Waals surface area contributed by atoms with E-state index < -0.39 is 0 Å². The molecule has 0 saturated heterocycles. The van der Waals surface area contributed by atoms with E-state index in [1.807, 2.05) is 37.3 Å². The van der Waals surface area contributed by atoms with Gasteiger partial charge in [0.1, 0.15) is 16.5 Å². The molecule has 4 rings (SSSR count). The second kappa shape index (κ2) is 7.18. The van der Waals surface area contributed by atoms with Gasteiger partial charge in [-0.05, 0) is 48.4 Å². The van der Waals surface area contributed by atoms with Crippen molar-refractivity contribution >= 4 is 21.6 Å². The molecule has 0 aliphatic carbocycles. The van der Waals surface area contributed by atoms with E-state index in [9.17, 15) is 0 Å². The Morgan fingerprint density at radius 2 is 1.42 bits per heavy atom. The van der Waals surface area contributed by atoms with Gasteiger partial charge in [0, 0.05) is 5.56 Å². The number of aromatic nitrogens is 1. The molecule has 4 heteroatoms. The van der Waals surface area contributed by atoms with Crippen LogP contribution in [0.25, 0.3) is 31.9 Å². The highest BCUT2D eigenvalue weighted by Gasteiger charge is 2.08. The van der Waals surface area contributed by atoms with Gasteiger partial charge in [-0.2, -0.15) is 0 Å². The van der Waals surface area contributed by atoms with E-state index in [1.165, 1.54) is 11.1 Å². The molecule has 130 valence electrons. The predicted octanol–water partition coefficient (Wildman–Crippen LogP) is 6.04. The van der Waals surface area contributed by atoms with Crippen LogP contribution in [0.4, 0.5) is 0 Å². The Bertz CT molecular complexity index is 1020. The second-order valence-corrected chi connectivity index (χ2v) is 6.92. The van der Waals surface area contributed by atoms with Crippen LogP contribution in [0.15, 0.2) is 66.7 Å². The van der Waals surface area contributed by atoms with Gasteiger partial charge in [-0.15, -0.1) is 11.3 Å². The van der Waals surface area contributed by atoms with Gasteiger partial charge in [-0.1, -0.05) is 36.4 Å². The number of rotatable bonds is 5. The van der Waals surface area contributed by atoms with Crippen molar-refractivity contribution in [1.29, 1.82) is 0 Å². The summed E-state index contributed by atoms with van der Waals surface area (Å²) in [6, 6.07) is 22.7. The summed E-state index contributed by atoms with van der Waals surface area (Å²) in [5, 5.41) is 1.02. The zero-order valence-corrected chi connectivity index (χ0v) is 15.5. The van der Waals surface area contributed by atoms with E-state index in [0.29, 0.717) is 6.61 Å². The van der Waals surface area contributed by atoms with Crippen LogP contribution in [0.3, 0.4) is 0 Å². The monoisotopic (exact) mass is 361 g/mol. The fourth-order valence-corrected chi connectivity index (χ4v) is 3.87. The minimum absolute atomic E-state index is 0.683. The van der Waals surface area contributed by atoms with E-state index in [2.05, 4.69) is 36.4 Å². The first-order chi connectivity index (χ1) is 12.8. The van der Waals surface area contributed by atoms with Crippen LogP contribution < -0.4 is 9.47 Å². The number of fused-ring (bicyclic) bond motifs is 1. The molecule has 0 saturated carbocycles. The van der Waals surface area contributed by atoms with Crippen molar-refractivity contribution in [2.45, 2.75) is 6.92 Å². The number of thiazole rings is 1. The van der Waals surface area contributed by atoms with Crippen LogP contribution in [-0.4, -0.2) is 18.7 Å². The van der Waals surface area contributed by atoms with Crippen molar-refractivity contribution in [2.75, 3.05) is 13.7 Å². The molecular formula is C22H19NO2S. The SMILES string of the molecule is CCOc1ccc(-c2ccc(-c3nc4ccc(OC)cc4s3)cc2)cc1. The van der Waals surface area contributed by atoms with E-state index in [1.54, 1.807) is 18.4 Å². The lowest BCUT2D eigenvalue weighted by atomic mass is 10.0. The van der Waals surface area contributed by atoms with Crippen LogP contribution in [0.2, 0.25) is 0 Å². The highest BCUT2D eigenvalue weighted by atomic mass is 32.1. The Hall–Kier alpha value is -2.85. The molecule has 4 aromatic rings. The number of ether oxygens (including phenoxy) is 2. The molecule has 1 aromatic heterocycles. The number of benzene rings is 3. The molecule has 0 atom stereocenters. The first-order valence-corrected chi connectivity index (χ1v) is 9.37. The highest BCUT2D eigenvalue weighted by Crippen LogP contribution is 2.33. The summed E-state index contributed by atoms with van der Waals surface area (Å²) in [4.78, 5) is 4.74. The predicted molar refractivity (Wildman–Crippen MR) is 108 cm³/mol. The maximum Gasteiger partial charge on any atom is 0.124 e. The molecule has 0 aliphatic rings. The normalized spacial score (nSPS) is 10.8. The lowest BCUT2D eigenvalue weighted by Gasteiger charge is -2.06. The minimum Gasteiger partial charge on any atom is -0.497 e. The lowest BCUT2D eigenvalue weighted by molar-refractivity contribution is 0.340. The van der Waals surface area contributed by atoms with Crippen molar-refractivity contribution in [3.05, 3.63) is 66.7 Å². The van der Waals surface area contributed by atoms with Crippen LogP contribution >= 0.6 is 11.3 Å². The smallest absolute Gasteiger partial charge is 0.124 e. The molecule has 0 bridgehead atoms. The maximum atomic E-state index is 5.50. The van der Waals surface area contributed by atoms with Crippen LogP contribution in [-0.2, 0) is 0 Å². The first-order valence-electron chi connectivity index (χ1n) is 8.55. The lowest BCUT2D eigenvalue weighted by Crippen LogP contribution is -1.90. The van der Waals surface area contributed by atoms with Gasteiger partial charge in [0.15, 0.2) is 0 Å². The molecule has 26 heavy (non-hydrogen) atoms. The summed E-state index contributed by atoms with van der Waals surface area (Å²) < 4.78 is 11.9. The summed E-state index contributed by atoms with van der Waals surface area (Å²) in [6.45, 7) is 2.67. The van der Waals surface area contributed by atoms with Gasteiger partial charge in [0.05, 0.1) is 23.9 Å². The summed E-state index contributed by atoms with van der Waals surface area (Å²) in [7, 11) is 1.68. The van der Waals surface area contributed by atoms with Crippen LogP contribution in [0.5, 0.6) is 11.5 Å². The molecule has 0 amide bonds. The van der Waals surface area contributed by atoms with Crippen molar-refractivity contribution in [3.8, 4) is 33.2 Å². The van der Waals surface area contributed by atoms with Crippen LogP contribution in [0, 0.1) is 0 Å². The van der Waals surface area contributed by atoms with Crippen molar-refractivity contribution in [3.63, 3.8) is 0 Å². The zero-order valence-electron chi connectivity index (χ0n) is 14.7. The number of methoxy groups -OCH3 is 1. The van der Waals surface area contributed by atoms with Crippen molar-refractivity contribution in [1.82, 2.24) is 4.98 Å². The fourth-order valence-electron chi connectivity index (χ4n) is 2.87. The summed E-state index contributed by atoms with van der Waals surface area (Å²) in [6.07, 6.45) is 0. The third kappa shape index (κ3) is 3.28. The van der Waals surface area contributed by atoms with Gasteiger partial charge >= 0.3 is 0 Å². The van der Waals surface area contributed by atoms with E-state index >= 15 is 0 Å². The molecule has 0 unspecified atom stereocenters. The Labute approximate surface area is 156 Å². The molecule has 0 fully saturated rings. The number of hydrogen-bond acceptors (Lipinski definition) is 4. The molecular weight excluding hydrogens is 342 g/mol. The van der Waals surface area contributed by atoms with Gasteiger partial charge < -0.3 is 9.47 Å². The second-order valence-electron chi connectivity index (χ2n) is 5.89. The molecule has 0 spiro atoms. The summed E-state index contributed by atoms with van der Waals surface area (Å²) in [5.74, 6) is 1.76. The van der Waals surface area contributed by atoms with E-state index in [-0.39, 0.29) is 0 Å². The molecule has 0 radical (unpaired) electrons. The number of hydrogen-bond donors (Lipinski definition) is 0. The average molecular weight is 361 g/mol. The summed E-state index contributed by atoms with van der Waals surface area (Å²) in [5.41, 5.74) is 4.48.